The van der Waals surface area contributed by atoms with Gasteiger partial charge in [0.2, 0.25) is 0 Å². The van der Waals surface area contributed by atoms with Crippen LogP contribution < -0.4 is 16.8 Å². The van der Waals surface area contributed by atoms with Crippen LogP contribution in [0.25, 0.3) is 0 Å². The van der Waals surface area contributed by atoms with E-state index in [9.17, 15) is 4.79 Å². The van der Waals surface area contributed by atoms with E-state index < -0.39 is 0 Å². The lowest BCUT2D eigenvalue weighted by Crippen LogP contribution is -2.51. The van der Waals surface area contributed by atoms with E-state index in [4.69, 9.17) is 11.5 Å². The van der Waals surface area contributed by atoms with Crippen molar-refractivity contribution in [3.8, 4) is 0 Å². The molecule has 86 valence electrons. The highest BCUT2D eigenvalue weighted by Crippen LogP contribution is 2.32. The van der Waals surface area contributed by atoms with Crippen molar-refractivity contribution in [2.75, 3.05) is 13.1 Å². The molecule has 1 aliphatic heterocycles. The van der Waals surface area contributed by atoms with E-state index in [2.05, 4.69) is 5.32 Å². The summed E-state index contributed by atoms with van der Waals surface area (Å²) in [7, 11) is 0. The summed E-state index contributed by atoms with van der Waals surface area (Å²) in [6.45, 7) is 1.96. The molecule has 4 heteroatoms. The molecule has 4 atom stereocenters. The molecule has 2 fully saturated rings. The number of carbonyl (C=O) groups excluding carboxylic acids is 1. The van der Waals surface area contributed by atoms with Gasteiger partial charge < -0.3 is 16.8 Å². The summed E-state index contributed by atoms with van der Waals surface area (Å²) in [6, 6.07) is 0.00925. The van der Waals surface area contributed by atoms with Gasteiger partial charge in [0.25, 0.3) is 0 Å². The van der Waals surface area contributed by atoms with E-state index in [0.29, 0.717) is 18.3 Å². The van der Waals surface area contributed by atoms with Gasteiger partial charge in [-0.05, 0) is 37.6 Å². The average Bonchev–Trinajstić information content (AvgIpc) is 2.23. The SMILES string of the molecule is NC1CC(C2CCNCC2N)CCC1=O. The fourth-order valence-electron chi connectivity index (χ4n) is 2.97. The van der Waals surface area contributed by atoms with Gasteiger partial charge in [-0.1, -0.05) is 0 Å². The normalized spacial score (nSPS) is 42.9. The van der Waals surface area contributed by atoms with E-state index in [1.54, 1.807) is 0 Å². The predicted octanol–water partition coefficient (Wildman–Crippen LogP) is -0.380. The molecule has 0 aromatic rings. The first-order valence-corrected chi connectivity index (χ1v) is 5.93. The lowest BCUT2D eigenvalue weighted by Gasteiger charge is -2.38. The predicted molar refractivity (Wildman–Crippen MR) is 59.3 cm³/mol. The Kier molecular flexibility index (Phi) is 3.38. The van der Waals surface area contributed by atoms with Crippen LogP contribution in [0, 0.1) is 11.8 Å². The minimum atomic E-state index is -0.231. The van der Waals surface area contributed by atoms with Gasteiger partial charge >= 0.3 is 0 Å². The lowest BCUT2D eigenvalue weighted by molar-refractivity contribution is -0.123. The van der Waals surface area contributed by atoms with E-state index in [-0.39, 0.29) is 17.9 Å². The first kappa shape index (κ1) is 11.0. The fourth-order valence-corrected chi connectivity index (χ4v) is 2.97. The molecule has 0 spiro atoms. The van der Waals surface area contributed by atoms with Crippen LogP contribution in [0.5, 0.6) is 0 Å². The van der Waals surface area contributed by atoms with Crippen molar-refractivity contribution in [3.63, 3.8) is 0 Å². The Morgan fingerprint density at radius 2 is 2.07 bits per heavy atom. The number of carbonyl (C=O) groups is 1. The summed E-state index contributed by atoms with van der Waals surface area (Å²) in [5, 5.41) is 3.30. The van der Waals surface area contributed by atoms with Gasteiger partial charge in [-0.25, -0.2) is 0 Å². The maximum absolute atomic E-state index is 11.3. The summed E-state index contributed by atoms with van der Waals surface area (Å²) >= 11 is 0. The molecule has 1 saturated heterocycles. The second-order valence-electron chi connectivity index (χ2n) is 4.93. The molecule has 0 radical (unpaired) electrons. The summed E-state index contributed by atoms with van der Waals surface area (Å²) in [5.74, 6) is 1.36. The van der Waals surface area contributed by atoms with Crippen LogP contribution in [0.15, 0.2) is 0 Å². The molecule has 2 rings (SSSR count). The topological polar surface area (TPSA) is 81.1 Å². The van der Waals surface area contributed by atoms with Crippen LogP contribution in [-0.4, -0.2) is 31.0 Å². The minimum absolute atomic E-state index is 0.230. The van der Waals surface area contributed by atoms with Crippen LogP contribution in [0.3, 0.4) is 0 Å². The van der Waals surface area contributed by atoms with Crippen LogP contribution in [-0.2, 0) is 4.79 Å². The van der Waals surface area contributed by atoms with E-state index in [1.165, 1.54) is 0 Å². The fraction of sp³-hybridized carbons (Fsp3) is 0.909. The zero-order chi connectivity index (χ0) is 10.8. The Morgan fingerprint density at radius 1 is 1.27 bits per heavy atom. The largest absolute Gasteiger partial charge is 0.326 e. The van der Waals surface area contributed by atoms with Gasteiger partial charge in [-0.3, -0.25) is 4.79 Å². The average molecular weight is 211 g/mol. The van der Waals surface area contributed by atoms with Gasteiger partial charge in [0.15, 0.2) is 0 Å². The molecule has 5 N–H and O–H groups in total. The summed E-state index contributed by atoms with van der Waals surface area (Å²) in [6.07, 6.45) is 3.62. The first-order valence-electron chi connectivity index (χ1n) is 5.93. The number of nitrogens with two attached hydrogens (primary N) is 2. The molecule has 0 aromatic heterocycles. The van der Waals surface area contributed by atoms with Gasteiger partial charge in [-0.15, -0.1) is 0 Å². The van der Waals surface area contributed by atoms with Gasteiger partial charge in [0.05, 0.1) is 6.04 Å². The van der Waals surface area contributed by atoms with Gasteiger partial charge in [-0.2, -0.15) is 0 Å². The van der Waals surface area contributed by atoms with Crippen molar-refractivity contribution < 1.29 is 4.79 Å². The molecule has 0 bridgehead atoms. The second-order valence-corrected chi connectivity index (χ2v) is 4.93. The van der Waals surface area contributed by atoms with Crippen molar-refractivity contribution in [2.45, 2.75) is 37.8 Å². The van der Waals surface area contributed by atoms with Crippen molar-refractivity contribution >= 4 is 5.78 Å². The lowest BCUT2D eigenvalue weighted by atomic mass is 9.72. The Morgan fingerprint density at radius 3 is 2.73 bits per heavy atom. The highest BCUT2D eigenvalue weighted by atomic mass is 16.1. The van der Waals surface area contributed by atoms with Gasteiger partial charge in [0.1, 0.15) is 5.78 Å². The molecule has 0 amide bonds. The zero-order valence-electron chi connectivity index (χ0n) is 9.11. The molecule has 15 heavy (non-hydrogen) atoms. The number of ketones is 1. The van der Waals surface area contributed by atoms with Crippen molar-refractivity contribution in [1.29, 1.82) is 0 Å². The van der Waals surface area contributed by atoms with Crippen LogP contribution in [0.4, 0.5) is 0 Å². The zero-order valence-corrected chi connectivity index (χ0v) is 9.11. The Balaban J connectivity index is 1.95. The first-order chi connectivity index (χ1) is 7.18. The van der Waals surface area contributed by atoms with E-state index in [0.717, 1.165) is 32.4 Å². The molecular weight excluding hydrogens is 190 g/mol. The van der Waals surface area contributed by atoms with Gasteiger partial charge in [0, 0.05) is 19.0 Å². The molecule has 0 aromatic carbocycles. The van der Waals surface area contributed by atoms with Crippen LogP contribution in [0.2, 0.25) is 0 Å². The number of rotatable bonds is 1. The van der Waals surface area contributed by atoms with Crippen molar-refractivity contribution in [1.82, 2.24) is 5.32 Å². The van der Waals surface area contributed by atoms with Crippen molar-refractivity contribution in [3.05, 3.63) is 0 Å². The maximum Gasteiger partial charge on any atom is 0.149 e. The third-order valence-corrected chi connectivity index (χ3v) is 3.92. The molecule has 1 aliphatic carbocycles. The highest BCUT2D eigenvalue weighted by molar-refractivity contribution is 5.84. The summed E-state index contributed by atoms with van der Waals surface area (Å²) < 4.78 is 0. The van der Waals surface area contributed by atoms with E-state index >= 15 is 0 Å². The summed E-state index contributed by atoms with van der Waals surface area (Å²) in [5.41, 5.74) is 11.9. The van der Waals surface area contributed by atoms with Crippen molar-refractivity contribution in [2.24, 2.45) is 23.3 Å². The Hall–Kier alpha value is -0.450. The molecule has 4 unspecified atom stereocenters. The number of piperidine rings is 1. The monoisotopic (exact) mass is 211 g/mol. The summed E-state index contributed by atoms with van der Waals surface area (Å²) in [4.78, 5) is 11.3. The van der Waals surface area contributed by atoms with Crippen LogP contribution >= 0.6 is 0 Å². The smallest absolute Gasteiger partial charge is 0.149 e. The third-order valence-electron chi connectivity index (χ3n) is 3.92. The standard InChI is InChI=1S/C11H21N3O/c12-9-5-7(1-2-11(9)15)8-3-4-14-6-10(8)13/h7-10,14H,1-6,12-13H2. The quantitative estimate of drug-likeness (QED) is 0.552. The molecule has 1 heterocycles. The number of hydrogen-bond donors (Lipinski definition) is 3. The second kappa shape index (κ2) is 4.60. The van der Waals surface area contributed by atoms with Crippen LogP contribution in [0.1, 0.15) is 25.7 Å². The number of nitrogens with one attached hydrogen (secondary N) is 1. The molecular formula is C11H21N3O. The van der Waals surface area contributed by atoms with E-state index in [1.807, 2.05) is 0 Å². The molecule has 2 aliphatic rings. The highest BCUT2D eigenvalue weighted by Gasteiger charge is 2.34. The minimum Gasteiger partial charge on any atom is -0.326 e. The Bertz CT molecular complexity index is 244. The third kappa shape index (κ3) is 2.38. The molecule has 1 saturated carbocycles. The molecule has 4 nitrogen and oxygen atoms in total. The number of Topliss-reactive ketones (excluding diaryl/α,β-unsaturated/α-hetero) is 1. The number of hydrogen-bond acceptors (Lipinski definition) is 4. The Labute approximate surface area is 90.8 Å². The maximum atomic E-state index is 11.3.